The monoisotopic (exact) mass is 432 g/mol. The molecule has 0 saturated carbocycles. The third-order valence-corrected chi connectivity index (χ3v) is 5.08. The van der Waals surface area contributed by atoms with Crippen molar-refractivity contribution in [1.29, 1.82) is 0 Å². The van der Waals surface area contributed by atoms with E-state index in [4.69, 9.17) is 14.6 Å². The van der Waals surface area contributed by atoms with Crippen molar-refractivity contribution in [3.05, 3.63) is 42.5 Å². The van der Waals surface area contributed by atoms with Crippen LogP contribution in [0.2, 0.25) is 0 Å². The number of thioether (sulfide) groups is 1. The summed E-state index contributed by atoms with van der Waals surface area (Å²) < 4.78 is 10.4. The largest absolute Gasteiger partial charge is 0.497 e. The van der Waals surface area contributed by atoms with Gasteiger partial charge in [-0.25, -0.2) is 0 Å². The summed E-state index contributed by atoms with van der Waals surface area (Å²) in [6, 6.07) is 12.1. The van der Waals surface area contributed by atoms with Gasteiger partial charge in [0.25, 0.3) is 0 Å². The quantitative estimate of drug-likeness (QED) is 0.491. The second-order valence-corrected chi connectivity index (χ2v) is 7.73. The predicted molar refractivity (Wildman–Crippen MR) is 115 cm³/mol. The molecule has 0 fully saturated rings. The molecule has 2 amide bonds. The van der Waals surface area contributed by atoms with E-state index in [0.717, 1.165) is 4.90 Å². The lowest BCUT2D eigenvalue weighted by atomic mass is 10.2. The van der Waals surface area contributed by atoms with Gasteiger partial charge in [0.2, 0.25) is 11.8 Å². The number of carbonyl (C=O) groups is 3. The summed E-state index contributed by atoms with van der Waals surface area (Å²) in [5.74, 6) is -0.473. The standard InChI is InChI=1S/C21H24N2O6S/c1-13(21(27)23-15-9-16(28-2)12-17(10-15)29-3)30-18-6-4-5-14(11-18)22-19(24)7-8-20(25)26/h4-6,9-13H,7-8H2,1-3H3,(H,22,24)(H,23,27)(H,25,26). The maximum atomic E-state index is 12.6. The lowest BCUT2D eigenvalue weighted by Crippen LogP contribution is -2.22. The Morgan fingerprint density at radius 3 is 2.23 bits per heavy atom. The molecule has 0 bridgehead atoms. The third-order valence-electron chi connectivity index (χ3n) is 3.98. The van der Waals surface area contributed by atoms with Gasteiger partial charge in [0, 0.05) is 40.9 Å². The summed E-state index contributed by atoms with van der Waals surface area (Å²) in [6.07, 6.45) is -0.331. The molecule has 0 aliphatic carbocycles. The van der Waals surface area contributed by atoms with Crippen molar-refractivity contribution in [2.45, 2.75) is 29.9 Å². The zero-order valence-corrected chi connectivity index (χ0v) is 17.7. The number of hydrogen-bond donors (Lipinski definition) is 3. The van der Waals surface area contributed by atoms with Gasteiger partial charge in [0.15, 0.2) is 0 Å². The number of rotatable bonds is 10. The highest BCUT2D eigenvalue weighted by Crippen LogP contribution is 2.29. The zero-order valence-electron chi connectivity index (χ0n) is 16.9. The highest BCUT2D eigenvalue weighted by Gasteiger charge is 2.16. The Labute approximate surface area is 179 Å². The molecule has 0 radical (unpaired) electrons. The Bertz CT molecular complexity index is 896. The smallest absolute Gasteiger partial charge is 0.303 e. The number of amides is 2. The van der Waals surface area contributed by atoms with E-state index >= 15 is 0 Å². The average molecular weight is 432 g/mol. The molecule has 0 spiro atoms. The number of carbonyl (C=O) groups excluding carboxylic acids is 2. The van der Waals surface area contributed by atoms with E-state index in [9.17, 15) is 14.4 Å². The van der Waals surface area contributed by atoms with Crippen molar-refractivity contribution in [2.24, 2.45) is 0 Å². The molecule has 0 aliphatic heterocycles. The van der Waals surface area contributed by atoms with Crippen molar-refractivity contribution >= 4 is 40.9 Å². The van der Waals surface area contributed by atoms with Gasteiger partial charge in [-0.05, 0) is 25.1 Å². The Hall–Kier alpha value is -3.20. The van der Waals surface area contributed by atoms with Crippen LogP contribution in [-0.2, 0) is 14.4 Å². The SMILES string of the molecule is COc1cc(NC(=O)C(C)Sc2cccc(NC(=O)CCC(=O)O)c2)cc(OC)c1. The number of hydrogen-bond acceptors (Lipinski definition) is 6. The maximum absolute atomic E-state index is 12.6. The van der Waals surface area contributed by atoms with E-state index in [1.54, 1.807) is 43.3 Å². The number of carboxylic acids is 1. The molecule has 8 nitrogen and oxygen atoms in total. The first-order valence-corrected chi connectivity index (χ1v) is 10.0. The van der Waals surface area contributed by atoms with Crippen LogP contribution in [0.3, 0.4) is 0 Å². The van der Waals surface area contributed by atoms with Crippen LogP contribution in [0.15, 0.2) is 47.4 Å². The van der Waals surface area contributed by atoms with Gasteiger partial charge < -0.3 is 25.2 Å². The third kappa shape index (κ3) is 7.32. The molecule has 1 atom stereocenters. The fourth-order valence-electron chi connectivity index (χ4n) is 2.47. The van der Waals surface area contributed by atoms with Crippen LogP contribution in [0.5, 0.6) is 11.5 Å². The summed E-state index contributed by atoms with van der Waals surface area (Å²) in [5.41, 5.74) is 1.10. The van der Waals surface area contributed by atoms with E-state index < -0.39 is 11.2 Å². The van der Waals surface area contributed by atoms with Gasteiger partial charge in [0.05, 0.1) is 25.9 Å². The summed E-state index contributed by atoms with van der Waals surface area (Å²) in [4.78, 5) is 35.7. The number of anilines is 2. The molecule has 3 N–H and O–H groups in total. The molecule has 0 heterocycles. The second kappa shape index (κ2) is 11.1. The molecule has 2 aromatic carbocycles. The molecule has 0 aliphatic rings. The summed E-state index contributed by atoms with van der Waals surface area (Å²) >= 11 is 1.33. The van der Waals surface area contributed by atoms with Crippen molar-refractivity contribution in [1.82, 2.24) is 0 Å². The number of benzene rings is 2. The number of carboxylic acid groups (broad SMARTS) is 1. The topological polar surface area (TPSA) is 114 Å². The van der Waals surface area contributed by atoms with E-state index in [-0.39, 0.29) is 24.7 Å². The number of methoxy groups -OCH3 is 2. The van der Waals surface area contributed by atoms with Gasteiger partial charge in [-0.1, -0.05) is 6.07 Å². The van der Waals surface area contributed by atoms with Crippen molar-refractivity contribution in [3.8, 4) is 11.5 Å². The number of aliphatic carboxylic acids is 1. The first kappa shape index (κ1) is 23.1. The van der Waals surface area contributed by atoms with Crippen molar-refractivity contribution < 1.29 is 29.0 Å². The maximum Gasteiger partial charge on any atom is 0.303 e. The van der Waals surface area contributed by atoms with Crippen LogP contribution < -0.4 is 20.1 Å². The van der Waals surface area contributed by atoms with E-state index in [2.05, 4.69) is 10.6 Å². The van der Waals surface area contributed by atoms with Crippen LogP contribution in [0.4, 0.5) is 11.4 Å². The average Bonchev–Trinajstić information content (AvgIpc) is 2.72. The van der Waals surface area contributed by atoms with Crippen LogP contribution in [0.25, 0.3) is 0 Å². The van der Waals surface area contributed by atoms with Crippen LogP contribution in [0, 0.1) is 0 Å². The van der Waals surface area contributed by atoms with Crippen molar-refractivity contribution in [2.75, 3.05) is 24.9 Å². The Balaban J connectivity index is 1.98. The fourth-order valence-corrected chi connectivity index (χ4v) is 3.40. The Morgan fingerprint density at radius 2 is 1.63 bits per heavy atom. The highest BCUT2D eigenvalue weighted by molar-refractivity contribution is 8.00. The summed E-state index contributed by atoms with van der Waals surface area (Å²) in [6.45, 7) is 1.77. The van der Waals surface area contributed by atoms with Crippen molar-refractivity contribution in [3.63, 3.8) is 0 Å². The Morgan fingerprint density at radius 1 is 0.967 bits per heavy atom. The molecular formula is C21H24N2O6S. The minimum absolute atomic E-state index is 0.102. The van der Waals surface area contributed by atoms with Crippen LogP contribution >= 0.6 is 11.8 Å². The molecule has 0 aromatic heterocycles. The van der Waals surface area contributed by atoms with Gasteiger partial charge >= 0.3 is 5.97 Å². The van der Waals surface area contributed by atoms with Crippen LogP contribution in [-0.4, -0.2) is 42.4 Å². The molecule has 2 aromatic rings. The van der Waals surface area contributed by atoms with Gasteiger partial charge in [-0.3, -0.25) is 14.4 Å². The molecule has 1 unspecified atom stereocenters. The van der Waals surface area contributed by atoms with Gasteiger partial charge in [-0.2, -0.15) is 0 Å². The number of nitrogens with one attached hydrogen (secondary N) is 2. The lowest BCUT2D eigenvalue weighted by Gasteiger charge is -2.14. The lowest BCUT2D eigenvalue weighted by molar-refractivity contribution is -0.138. The predicted octanol–water partition coefficient (Wildman–Crippen LogP) is 3.63. The first-order valence-electron chi connectivity index (χ1n) is 9.13. The number of ether oxygens (including phenoxy) is 2. The zero-order chi connectivity index (χ0) is 22.1. The molecule has 9 heteroatoms. The second-order valence-electron chi connectivity index (χ2n) is 6.32. The highest BCUT2D eigenvalue weighted by atomic mass is 32.2. The Kier molecular flexibility index (Phi) is 8.54. The minimum Gasteiger partial charge on any atom is -0.497 e. The minimum atomic E-state index is -1.03. The molecule has 160 valence electrons. The summed E-state index contributed by atoms with van der Waals surface area (Å²) in [7, 11) is 3.07. The van der Waals surface area contributed by atoms with Gasteiger partial charge in [0.1, 0.15) is 11.5 Å². The fraction of sp³-hybridized carbons (Fsp3) is 0.286. The van der Waals surface area contributed by atoms with E-state index in [1.165, 1.54) is 26.0 Å². The van der Waals surface area contributed by atoms with Crippen LogP contribution in [0.1, 0.15) is 19.8 Å². The molecule has 0 saturated heterocycles. The first-order chi connectivity index (χ1) is 14.3. The molecular weight excluding hydrogens is 408 g/mol. The van der Waals surface area contributed by atoms with E-state index in [0.29, 0.717) is 22.9 Å². The molecule has 2 rings (SSSR count). The molecule has 30 heavy (non-hydrogen) atoms. The van der Waals surface area contributed by atoms with Gasteiger partial charge in [-0.15, -0.1) is 11.8 Å². The van der Waals surface area contributed by atoms with E-state index in [1.807, 2.05) is 6.07 Å². The summed E-state index contributed by atoms with van der Waals surface area (Å²) in [5, 5.41) is 13.7. The normalized spacial score (nSPS) is 11.3.